The van der Waals surface area contributed by atoms with E-state index in [0.717, 1.165) is 0 Å². The molecule has 1 atom stereocenters. The highest BCUT2D eigenvalue weighted by atomic mass is 16.5. The van der Waals surface area contributed by atoms with Crippen LogP contribution in [0.5, 0.6) is 5.75 Å². The maximum Gasteiger partial charge on any atom is 0.340 e. The van der Waals surface area contributed by atoms with Crippen LogP contribution >= 0.6 is 0 Å². The van der Waals surface area contributed by atoms with E-state index in [9.17, 15) is 9.90 Å². The fourth-order valence-electron chi connectivity index (χ4n) is 1.47. The van der Waals surface area contributed by atoms with Crippen LogP contribution in [0.25, 0.3) is 0 Å². The van der Waals surface area contributed by atoms with Crippen LogP contribution in [0.4, 0.5) is 0 Å². The molecule has 1 rings (SSSR count). The molecule has 0 aliphatic rings. The summed E-state index contributed by atoms with van der Waals surface area (Å²) >= 11 is 0. The summed E-state index contributed by atoms with van der Waals surface area (Å²) in [6, 6.07) is 6.45. The Balaban J connectivity index is 2.99. The first kappa shape index (κ1) is 12.5. The molecule has 0 heterocycles. The Bertz CT molecular complexity index is 358. The molecule has 0 saturated carbocycles. The van der Waals surface area contributed by atoms with Crippen molar-refractivity contribution < 1.29 is 19.7 Å². The first-order valence-electron chi connectivity index (χ1n) is 5.23. The van der Waals surface area contributed by atoms with Crippen molar-refractivity contribution in [3.05, 3.63) is 29.8 Å². The molecule has 88 valence electrons. The zero-order valence-electron chi connectivity index (χ0n) is 9.43. The van der Waals surface area contributed by atoms with Crippen LogP contribution in [0.2, 0.25) is 0 Å². The van der Waals surface area contributed by atoms with Crippen molar-refractivity contribution in [2.45, 2.75) is 25.9 Å². The Morgan fingerprint density at radius 3 is 2.25 bits per heavy atom. The lowest BCUT2D eigenvalue weighted by atomic mass is 9.91. The third-order valence-corrected chi connectivity index (χ3v) is 2.51. The Morgan fingerprint density at radius 1 is 1.31 bits per heavy atom. The lowest BCUT2D eigenvalue weighted by molar-refractivity contribution is -0.160. The van der Waals surface area contributed by atoms with Gasteiger partial charge in [0.25, 0.3) is 0 Å². The number of hydrogen-bond donors (Lipinski definition) is 2. The van der Waals surface area contributed by atoms with Crippen molar-refractivity contribution in [2.75, 3.05) is 6.61 Å². The summed E-state index contributed by atoms with van der Waals surface area (Å²) in [7, 11) is 0. The SMILES string of the molecule is CCOc1ccc(C(O)(CC)C(=O)O)cc1. The highest BCUT2D eigenvalue weighted by Gasteiger charge is 2.35. The number of carbonyl (C=O) groups is 1. The molecular formula is C12H16O4. The van der Waals surface area contributed by atoms with Crippen molar-refractivity contribution in [3.8, 4) is 5.75 Å². The van der Waals surface area contributed by atoms with Gasteiger partial charge in [0, 0.05) is 0 Å². The van der Waals surface area contributed by atoms with Gasteiger partial charge in [0.15, 0.2) is 5.60 Å². The van der Waals surface area contributed by atoms with Gasteiger partial charge >= 0.3 is 5.97 Å². The van der Waals surface area contributed by atoms with Gasteiger partial charge < -0.3 is 14.9 Å². The Hall–Kier alpha value is -1.55. The maximum absolute atomic E-state index is 11.0. The molecule has 4 heteroatoms. The summed E-state index contributed by atoms with van der Waals surface area (Å²) in [6.07, 6.45) is 0.121. The smallest absolute Gasteiger partial charge is 0.340 e. The monoisotopic (exact) mass is 224 g/mol. The van der Waals surface area contributed by atoms with Crippen LogP contribution in [-0.2, 0) is 10.4 Å². The Kier molecular flexibility index (Phi) is 3.90. The van der Waals surface area contributed by atoms with Crippen molar-refractivity contribution in [1.82, 2.24) is 0 Å². The van der Waals surface area contributed by atoms with Gasteiger partial charge in [-0.05, 0) is 31.0 Å². The standard InChI is InChI=1S/C12H16O4/c1-3-12(15,11(13)14)9-5-7-10(8-6-9)16-4-2/h5-8,15H,3-4H2,1-2H3,(H,13,14). The second-order valence-corrected chi connectivity index (χ2v) is 3.48. The lowest BCUT2D eigenvalue weighted by Crippen LogP contribution is -2.34. The maximum atomic E-state index is 11.0. The predicted molar refractivity (Wildman–Crippen MR) is 59.4 cm³/mol. The van der Waals surface area contributed by atoms with E-state index < -0.39 is 11.6 Å². The van der Waals surface area contributed by atoms with Crippen molar-refractivity contribution in [1.29, 1.82) is 0 Å². The van der Waals surface area contributed by atoms with Crippen molar-refractivity contribution in [3.63, 3.8) is 0 Å². The summed E-state index contributed by atoms with van der Waals surface area (Å²) in [6.45, 7) is 4.05. The van der Waals surface area contributed by atoms with E-state index in [2.05, 4.69) is 0 Å². The van der Waals surface area contributed by atoms with Gasteiger partial charge in [0.2, 0.25) is 0 Å². The average Bonchev–Trinajstić information content (AvgIpc) is 2.29. The van der Waals surface area contributed by atoms with Crippen LogP contribution in [0.15, 0.2) is 24.3 Å². The number of hydrogen-bond acceptors (Lipinski definition) is 3. The molecule has 1 aromatic rings. The van der Waals surface area contributed by atoms with E-state index in [-0.39, 0.29) is 6.42 Å². The van der Waals surface area contributed by atoms with Crippen LogP contribution in [0.1, 0.15) is 25.8 Å². The van der Waals surface area contributed by atoms with E-state index in [1.165, 1.54) is 0 Å². The predicted octanol–water partition coefficient (Wildman–Crippen LogP) is 1.77. The van der Waals surface area contributed by atoms with Crippen LogP contribution in [0, 0.1) is 0 Å². The summed E-state index contributed by atoms with van der Waals surface area (Å²) in [4.78, 5) is 11.0. The minimum absolute atomic E-state index is 0.121. The summed E-state index contributed by atoms with van der Waals surface area (Å²) < 4.78 is 5.24. The van der Waals surface area contributed by atoms with Crippen molar-refractivity contribution in [2.24, 2.45) is 0 Å². The van der Waals surface area contributed by atoms with E-state index in [1.807, 2.05) is 6.92 Å². The molecule has 0 radical (unpaired) electrons. The molecule has 0 amide bonds. The molecule has 0 spiro atoms. The fourth-order valence-corrected chi connectivity index (χ4v) is 1.47. The minimum Gasteiger partial charge on any atom is -0.494 e. The van der Waals surface area contributed by atoms with Gasteiger partial charge in [-0.2, -0.15) is 0 Å². The fraction of sp³-hybridized carbons (Fsp3) is 0.417. The van der Waals surface area contributed by atoms with Gasteiger partial charge in [-0.15, -0.1) is 0 Å². The van der Waals surface area contributed by atoms with Crippen molar-refractivity contribution >= 4 is 5.97 Å². The van der Waals surface area contributed by atoms with Crippen LogP contribution in [0.3, 0.4) is 0 Å². The molecule has 2 N–H and O–H groups in total. The number of aliphatic hydroxyl groups is 1. The third-order valence-electron chi connectivity index (χ3n) is 2.51. The van der Waals surface area contributed by atoms with Gasteiger partial charge in [-0.1, -0.05) is 19.1 Å². The minimum atomic E-state index is -1.81. The lowest BCUT2D eigenvalue weighted by Gasteiger charge is -2.22. The third kappa shape index (κ3) is 2.33. The zero-order chi connectivity index (χ0) is 12.2. The number of ether oxygens (including phenoxy) is 1. The molecular weight excluding hydrogens is 208 g/mol. The molecule has 4 nitrogen and oxygen atoms in total. The summed E-state index contributed by atoms with van der Waals surface area (Å²) in [5.41, 5.74) is -1.45. The number of carboxylic acids is 1. The van der Waals surface area contributed by atoms with E-state index in [0.29, 0.717) is 17.9 Å². The zero-order valence-corrected chi connectivity index (χ0v) is 9.43. The highest BCUT2D eigenvalue weighted by molar-refractivity contribution is 5.79. The van der Waals surface area contributed by atoms with Gasteiger partial charge in [-0.25, -0.2) is 4.79 Å². The number of rotatable bonds is 5. The van der Waals surface area contributed by atoms with E-state index in [1.54, 1.807) is 31.2 Å². The molecule has 0 aliphatic heterocycles. The average molecular weight is 224 g/mol. The molecule has 0 saturated heterocycles. The van der Waals surface area contributed by atoms with Gasteiger partial charge in [-0.3, -0.25) is 0 Å². The van der Waals surface area contributed by atoms with Gasteiger partial charge in [0.1, 0.15) is 5.75 Å². The number of aliphatic carboxylic acids is 1. The molecule has 0 fully saturated rings. The molecule has 0 bridgehead atoms. The first-order valence-corrected chi connectivity index (χ1v) is 5.23. The highest BCUT2D eigenvalue weighted by Crippen LogP contribution is 2.26. The molecule has 1 aromatic carbocycles. The summed E-state index contributed by atoms with van der Waals surface area (Å²) in [5.74, 6) is -0.575. The number of benzene rings is 1. The van der Waals surface area contributed by atoms with Crippen LogP contribution in [-0.4, -0.2) is 22.8 Å². The van der Waals surface area contributed by atoms with E-state index in [4.69, 9.17) is 9.84 Å². The second kappa shape index (κ2) is 4.99. The van der Waals surface area contributed by atoms with Crippen LogP contribution < -0.4 is 4.74 Å². The number of carboxylic acid groups (broad SMARTS) is 1. The Morgan fingerprint density at radius 2 is 1.88 bits per heavy atom. The molecule has 0 aliphatic carbocycles. The molecule has 1 unspecified atom stereocenters. The Labute approximate surface area is 94.5 Å². The second-order valence-electron chi connectivity index (χ2n) is 3.48. The topological polar surface area (TPSA) is 66.8 Å². The van der Waals surface area contributed by atoms with E-state index >= 15 is 0 Å². The quantitative estimate of drug-likeness (QED) is 0.799. The first-order chi connectivity index (χ1) is 7.54. The largest absolute Gasteiger partial charge is 0.494 e. The molecule has 0 aromatic heterocycles. The normalized spacial score (nSPS) is 14.2. The molecule has 16 heavy (non-hydrogen) atoms. The van der Waals surface area contributed by atoms with Gasteiger partial charge in [0.05, 0.1) is 6.61 Å². The summed E-state index contributed by atoms with van der Waals surface area (Å²) in [5, 5.41) is 18.9.